The molecule has 1 amide bonds. The molecule has 8 heteroatoms. The molecule has 2 aliphatic heterocycles. The van der Waals surface area contributed by atoms with Crippen LogP contribution in [0.3, 0.4) is 0 Å². The van der Waals surface area contributed by atoms with Crippen molar-refractivity contribution < 1.29 is 27.9 Å². The Morgan fingerprint density at radius 2 is 1.88 bits per heavy atom. The summed E-state index contributed by atoms with van der Waals surface area (Å²) in [5.41, 5.74) is -2.29. The van der Waals surface area contributed by atoms with Crippen molar-refractivity contribution in [2.45, 2.75) is 31.5 Å². The predicted molar refractivity (Wildman–Crippen MR) is 87.7 cm³/mol. The zero-order valence-corrected chi connectivity index (χ0v) is 14.4. The number of nitrogens with zero attached hydrogens (tertiary/aromatic N) is 2. The van der Waals surface area contributed by atoms with E-state index in [1.807, 2.05) is 4.90 Å². The lowest BCUT2D eigenvalue weighted by Crippen LogP contribution is -2.63. The Labute approximate surface area is 149 Å². The van der Waals surface area contributed by atoms with Crippen LogP contribution in [-0.2, 0) is 11.0 Å². The van der Waals surface area contributed by atoms with Crippen LogP contribution in [0.2, 0.25) is 0 Å². The number of hydrogen-bond acceptors (Lipinski definition) is 3. The van der Waals surface area contributed by atoms with Gasteiger partial charge in [0.1, 0.15) is 0 Å². The standard InChI is InChI=1S/C18H21F3N2O3/c1-22-9-4-7-17(16(25)26)8-10-23(11-14(17)22)15(24)12-5-2-3-6-13(12)18(19,20)21/h2-3,5-6,14H,4,7-11H2,1H3,(H,25,26)/t14-,17+/m1/s1. The first-order chi connectivity index (χ1) is 12.2. The molecule has 1 aromatic rings. The molecule has 2 aliphatic rings. The zero-order valence-electron chi connectivity index (χ0n) is 14.4. The lowest BCUT2D eigenvalue weighted by molar-refractivity contribution is -0.161. The maximum atomic E-state index is 13.2. The summed E-state index contributed by atoms with van der Waals surface area (Å²) >= 11 is 0. The van der Waals surface area contributed by atoms with Crippen LogP contribution in [0.1, 0.15) is 35.2 Å². The van der Waals surface area contributed by atoms with E-state index < -0.39 is 35.1 Å². The van der Waals surface area contributed by atoms with E-state index in [-0.39, 0.29) is 25.1 Å². The Bertz CT molecular complexity index is 722. The number of amides is 1. The van der Waals surface area contributed by atoms with Gasteiger partial charge in [-0.05, 0) is 45.0 Å². The number of hydrogen-bond donors (Lipinski definition) is 1. The third-order valence-corrected chi connectivity index (χ3v) is 5.70. The van der Waals surface area contributed by atoms with Crippen LogP contribution in [0.25, 0.3) is 0 Å². The minimum Gasteiger partial charge on any atom is -0.481 e. The van der Waals surface area contributed by atoms with Gasteiger partial charge in [-0.25, -0.2) is 0 Å². The van der Waals surface area contributed by atoms with Crippen molar-refractivity contribution in [1.82, 2.24) is 9.80 Å². The number of halogens is 3. The molecule has 0 radical (unpaired) electrons. The van der Waals surface area contributed by atoms with Gasteiger partial charge in [-0.2, -0.15) is 13.2 Å². The van der Waals surface area contributed by atoms with Crippen molar-refractivity contribution in [3.63, 3.8) is 0 Å². The number of likely N-dealkylation sites (tertiary alicyclic amines) is 2. The van der Waals surface area contributed by atoms with Crippen LogP contribution < -0.4 is 0 Å². The van der Waals surface area contributed by atoms with Crippen LogP contribution in [-0.4, -0.2) is 59.5 Å². The molecule has 26 heavy (non-hydrogen) atoms. The molecule has 1 aromatic carbocycles. The fourth-order valence-electron chi connectivity index (χ4n) is 4.26. The fourth-order valence-corrected chi connectivity index (χ4v) is 4.26. The van der Waals surface area contributed by atoms with Gasteiger partial charge in [-0.3, -0.25) is 9.59 Å². The van der Waals surface area contributed by atoms with E-state index in [1.54, 1.807) is 7.05 Å². The van der Waals surface area contributed by atoms with Crippen molar-refractivity contribution in [2.24, 2.45) is 5.41 Å². The Morgan fingerprint density at radius 3 is 2.54 bits per heavy atom. The van der Waals surface area contributed by atoms with Crippen LogP contribution in [0.4, 0.5) is 13.2 Å². The molecule has 5 nitrogen and oxygen atoms in total. The molecule has 0 bridgehead atoms. The van der Waals surface area contributed by atoms with Gasteiger partial charge in [0.2, 0.25) is 0 Å². The van der Waals surface area contributed by atoms with Crippen LogP contribution in [0.5, 0.6) is 0 Å². The lowest BCUT2D eigenvalue weighted by atomic mass is 9.68. The quantitative estimate of drug-likeness (QED) is 0.870. The summed E-state index contributed by atoms with van der Waals surface area (Å²) in [6, 6.07) is 4.32. The molecule has 1 N–H and O–H groups in total. The van der Waals surface area contributed by atoms with E-state index in [1.165, 1.54) is 23.1 Å². The number of carbonyl (C=O) groups excluding carboxylic acids is 1. The second-order valence-corrected chi connectivity index (χ2v) is 7.11. The first-order valence-corrected chi connectivity index (χ1v) is 8.56. The number of alkyl halides is 3. The third kappa shape index (κ3) is 3.06. The number of fused-ring (bicyclic) bond motifs is 1. The second-order valence-electron chi connectivity index (χ2n) is 7.11. The minimum atomic E-state index is -4.62. The molecule has 2 atom stereocenters. The van der Waals surface area contributed by atoms with E-state index in [0.717, 1.165) is 12.5 Å². The van der Waals surface area contributed by atoms with Gasteiger partial charge in [0, 0.05) is 19.1 Å². The number of carbonyl (C=O) groups is 2. The van der Waals surface area contributed by atoms with Crippen molar-refractivity contribution in [3.05, 3.63) is 35.4 Å². The second kappa shape index (κ2) is 6.57. The largest absolute Gasteiger partial charge is 0.481 e. The number of carboxylic acids is 1. The number of benzene rings is 1. The van der Waals surface area contributed by atoms with Crippen LogP contribution in [0, 0.1) is 5.41 Å². The summed E-state index contributed by atoms with van der Waals surface area (Å²) in [7, 11) is 1.80. The number of carboxylic acid groups (broad SMARTS) is 1. The van der Waals surface area contributed by atoms with Crippen molar-refractivity contribution in [2.75, 3.05) is 26.7 Å². The SMILES string of the molecule is CN1CCC[C@]2(C(=O)O)CCN(C(=O)c3ccccc3C(F)(F)F)C[C@@H]12. The van der Waals surface area contributed by atoms with Crippen molar-refractivity contribution in [3.8, 4) is 0 Å². The molecule has 0 aromatic heterocycles. The topological polar surface area (TPSA) is 60.9 Å². The molecule has 0 aliphatic carbocycles. The molecule has 2 saturated heterocycles. The van der Waals surface area contributed by atoms with Gasteiger partial charge >= 0.3 is 12.1 Å². The van der Waals surface area contributed by atoms with Crippen LogP contribution >= 0.6 is 0 Å². The number of likely N-dealkylation sites (N-methyl/N-ethyl adjacent to an activating group) is 1. The van der Waals surface area contributed by atoms with E-state index in [4.69, 9.17) is 0 Å². The monoisotopic (exact) mass is 370 g/mol. The molecule has 142 valence electrons. The van der Waals surface area contributed by atoms with Crippen molar-refractivity contribution >= 4 is 11.9 Å². The van der Waals surface area contributed by atoms with E-state index in [9.17, 15) is 27.9 Å². The first-order valence-electron chi connectivity index (χ1n) is 8.56. The summed E-state index contributed by atoms with van der Waals surface area (Å²) in [5, 5.41) is 9.76. The Morgan fingerprint density at radius 1 is 1.19 bits per heavy atom. The zero-order chi connectivity index (χ0) is 19.1. The van der Waals surface area contributed by atoms with Gasteiger partial charge in [0.05, 0.1) is 16.5 Å². The molecular weight excluding hydrogens is 349 g/mol. The molecule has 3 rings (SSSR count). The summed E-state index contributed by atoms with van der Waals surface area (Å²) in [6.45, 7) is 0.969. The van der Waals surface area contributed by atoms with Gasteiger partial charge in [0.15, 0.2) is 0 Å². The van der Waals surface area contributed by atoms with E-state index in [2.05, 4.69) is 0 Å². The molecule has 0 spiro atoms. The van der Waals surface area contributed by atoms with Gasteiger partial charge in [-0.15, -0.1) is 0 Å². The summed E-state index contributed by atoms with van der Waals surface area (Å²) < 4.78 is 39.7. The highest BCUT2D eigenvalue weighted by Crippen LogP contribution is 2.43. The average Bonchev–Trinajstić information content (AvgIpc) is 2.60. The number of rotatable bonds is 2. The smallest absolute Gasteiger partial charge is 0.417 e. The van der Waals surface area contributed by atoms with Crippen molar-refractivity contribution in [1.29, 1.82) is 0 Å². The first kappa shape index (κ1) is 18.7. The molecule has 2 fully saturated rings. The highest BCUT2D eigenvalue weighted by atomic mass is 19.4. The summed E-state index contributed by atoms with van der Waals surface area (Å²) in [5.74, 6) is -1.59. The summed E-state index contributed by atoms with van der Waals surface area (Å²) in [4.78, 5) is 28.0. The van der Waals surface area contributed by atoms with E-state index >= 15 is 0 Å². The van der Waals surface area contributed by atoms with Gasteiger partial charge in [-0.1, -0.05) is 12.1 Å². The minimum absolute atomic E-state index is 0.119. The highest BCUT2D eigenvalue weighted by molar-refractivity contribution is 5.96. The van der Waals surface area contributed by atoms with Gasteiger partial charge < -0.3 is 14.9 Å². The third-order valence-electron chi connectivity index (χ3n) is 5.70. The summed E-state index contributed by atoms with van der Waals surface area (Å²) in [6.07, 6.45) is -3.09. The Hall–Kier alpha value is -2.09. The number of piperidine rings is 2. The highest BCUT2D eigenvalue weighted by Gasteiger charge is 2.53. The van der Waals surface area contributed by atoms with E-state index in [0.29, 0.717) is 13.0 Å². The molecule has 2 heterocycles. The predicted octanol–water partition coefficient (Wildman–Crippen LogP) is 2.72. The molecule has 0 unspecified atom stereocenters. The molecular formula is C18H21F3N2O3. The maximum Gasteiger partial charge on any atom is 0.417 e. The number of aliphatic carboxylic acids is 1. The van der Waals surface area contributed by atoms with Gasteiger partial charge in [0.25, 0.3) is 5.91 Å². The average molecular weight is 370 g/mol. The fraction of sp³-hybridized carbons (Fsp3) is 0.556. The lowest BCUT2D eigenvalue weighted by Gasteiger charge is -2.51. The maximum absolute atomic E-state index is 13.2. The normalized spacial score (nSPS) is 27.1. The molecule has 0 saturated carbocycles. The Balaban J connectivity index is 1.89. The van der Waals surface area contributed by atoms with Crippen LogP contribution in [0.15, 0.2) is 24.3 Å². The Kier molecular flexibility index (Phi) is 4.72.